The lowest BCUT2D eigenvalue weighted by molar-refractivity contribution is -0.678. The maximum Gasteiger partial charge on any atom is 0.336 e. The zero-order valence-corrected chi connectivity index (χ0v) is 13.4. The molecular formula is C18H20NO5+. The Balaban J connectivity index is 1.54. The van der Waals surface area contributed by atoms with Crippen molar-refractivity contribution >= 4 is 11.0 Å². The highest BCUT2D eigenvalue weighted by Crippen LogP contribution is 2.22. The highest BCUT2D eigenvalue weighted by atomic mass is 16.5. The molecule has 3 rings (SSSR count). The normalized spacial score (nSPS) is 12.4. The molecule has 0 unspecified atom stereocenters. The minimum absolute atomic E-state index is 0.163. The Bertz CT molecular complexity index is 853. The van der Waals surface area contributed by atoms with E-state index in [1.807, 2.05) is 30.4 Å². The van der Waals surface area contributed by atoms with Gasteiger partial charge in [-0.25, -0.2) is 4.79 Å². The van der Waals surface area contributed by atoms with Crippen LogP contribution in [0.25, 0.3) is 11.0 Å². The van der Waals surface area contributed by atoms with Crippen molar-refractivity contribution in [2.45, 2.75) is 19.6 Å². The van der Waals surface area contributed by atoms with Crippen molar-refractivity contribution in [2.24, 2.45) is 0 Å². The summed E-state index contributed by atoms with van der Waals surface area (Å²) in [4.78, 5) is 11.4. The van der Waals surface area contributed by atoms with Crippen LogP contribution in [0.1, 0.15) is 11.3 Å². The molecule has 0 bridgehead atoms. The molecule has 1 atom stereocenters. The number of ether oxygens (including phenoxy) is 1. The lowest BCUT2D eigenvalue weighted by atomic mass is 10.1. The minimum Gasteiger partial charge on any atom is -0.491 e. The van der Waals surface area contributed by atoms with Crippen molar-refractivity contribution in [3.8, 4) is 5.75 Å². The summed E-state index contributed by atoms with van der Waals surface area (Å²) in [5.41, 5.74) is 0.960. The third-order valence-corrected chi connectivity index (χ3v) is 3.73. The summed E-state index contributed by atoms with van der Waals surface area (Å²) in [5, 5.41) is 12.8. The maximum atomic E-state index is 11.4. The Morgan fingerprint density at radius 1 is 1.29 bits per heavy atom. The van der Waals surface area contributed by atoms with Gasteiger partial charge in [0, 0.05) is 17.5 Å². The third-order valence-electron chi connectivity index (χ3n) is 3.73. The Kier molecular flexibility index (Phi) is 4.98. The van der Waals surface area contributed by atoms with Gasteiger partial charge >= 0.3 is 5.63 Å². The largest absolute Gasteiger partial charge is 0.491 e. The number of hydrogen-bond acceptors (Lipinski definition) is 5. The molecule has 3 N–H and O–H groups in total. The molecule has 1 aromatic carbocycles. The van der Waals surface area contributed by atoms with Gasteiger partial charge < -0.3 is 24.0 Å². The summed E-state index contributed by atoms with van der Waals surface area (Å²) in [6.07, 6.45) is 1.02. The van der Waals surface area contributed by atoms with Crippen LogP contribution in [0.3, 0.4) is 0 Å². The van der Waals surface area contributed by atoms with Gasteiger partial charge in [-0.3, -0.25) is 0 Å². The van der Waals surface area contributed by atoms with Gasteiger partial charge in [-0.05, 0) is 36.8 Å². The summed E-state index contributed by atoms with van der Waals surface area (Å²) in [6.45, 7) is 3.20. The maximum absolute atomic E-state index is 11.4. The van der Waals surface area contributed by atoms with Crippen LogP contribution in [0.15, 0.2) is 56.3 Å². The summed E-state index contributed by atoms with van der Waals surface area (Å²) in [6, 6.07) is 10.5. The topological polar surface area (TPSA) is 89.4 Å². The average Bonchev–Trinajstić information content (AvgIpc) is 3.05. The van der Waals surface area contributed by atoms with Gasteiger partial charge in [0.2, 0.25) is 0 Å². The molecule has 0 radical (unpaired) electrons. The van der Waals surface area contributed by atoms with Crippen LogP contribution in [0.4, 0.5) is 0 Å². The van der Waals surface area contributed by atoms with E-state index in [1.54, 1.807) is 18.4 Å². The van der Waals surface area contributed by atoms with Crippen LogP contribution >= 0.6 is 0 Å². The second kappa shape index (κ2) is 7.33. The van der Waals surface area contributed by atoms with Crippen LogP contribution < -0.4 is 15.7 Å². The van der Waals surface area contributed by atoms with Gasteiger partial charge in [-0.2, -0.15) is 0 Å². The SMILES string of the molecule is Cc1cc(=O)oc2cc(OC[C@H](O)C[NH2+]Cc3ccco3)ccc12. The molecule has 0 fully saturated rings. The van der Waals surface area contributed by atoms with E-state index >= 15 is 0 Å². The Morgan fingerprint density at radius 2 is 2.17 bits per heavy atom. The van der Waals surface area contributed by atoms with Crippen molar-refractivity contribution in [1.82, 2.24) is 0 Å². The lowest BCUT2D eigenvalue weighted by Crippen LogP contribution is -2.85. The van der Waals surface area contributed by atoms with E-state index in [4.69, 9.17) is 13.6 Å². The second-order valence-corrected chi connectivity index (χ2v) is 5.68. The van der Waals surface area contributed by atoms with Crippen LogP contribution in [-0.2, 0) is 6.54 Å². The summed E-state index contributed by atoms with van der Waals surface area (Å²) < 4.78 is 16.0. The van der Waals surface area contributed by atoms with Crippen LogP contribution in [-0.4, -0.2) is 24.4 Å². The van der Waals surface area contributed by atoms with Gasteiger partial charge in [-0.1, -0.05) is 0 Å². The molecule has 6 nitrogen and oxygen atoms in total. The number of furan rings is 1. The zero-order chi connectivity index (χ0) is 16.9. The highest BCUT2D eigenvalue weighted by molar-refractivity contribution is 5.81. The van der Waals surface area contributed by atoms with E-state index < -0.39 is 6.10 Å². The molecule has 2 heterocycles. The second-order valence-electron chi connectivity index (χ2n) is 5.68. The first-order valence-electron chi connectivity index (χ1n) is 7.81. The van der Waals surface area contributed by atoms with Crippen molar-refractivity contribution in [3.05, 3.63) is 64.4 Å². The Morgan fingerprint density at radius 3 is 2.96 bits per heavy atom. The molecule has 0 spiro atoms. The molecule has 126 valence electrons. The van der Waals surface area contributed by atoms with Crippen LogP contribution in [0, 0.1) is 6.92 Å². The fourth-order valence-corrected chi connectivity index (χ4v) is 2.50. The number of aliphatic hydroxyl groups is 1. The number of aryl methyl sites for hydroxylation is 1. The predicted molar refractivity (Wildman–Crippen MR) is 87.9 cm³/mol. The number of quaternary nitrogens is 1. The quantitative estimate of drug-likeness (QED) is 0.635. The molecule has 3 aromatic rings. The van der Waals surface area contributed by atoms with Gasteiger partial charge in [0.1, 0.15) is 37.1 Å². The molecular weight excluding hydrogens is 310 g/mol. The molecule has 0 aliphatic rings. The van der Waals surface area contributed by atoms with Crippen molar-refractivity contribution in [3.63, 3.8) is 0 Å². The molecule has 0 saturated heterocycles. The molecule has 6 heteroatoms. The minimum atomic E-state index is -0.611. The first-order chi connectivity index (χ1) is 11.6. The van der Waals surface area contributed by atoms with Gasteiger partial charge in [0.05, 0.1) is 6.26 Å². The van der Waals surface area contributed by atoms with Gasteiger partial charge in [0.15, 0.2) is 5.76 Å². The predicted octanol–water partition coefficient (Wildman–Crippen LogP) is 1.20. The van der Waals surface area contributed by atoms with Crippen LogP contribution in [0.2, 0.25) is 0 Å². The van der Waals surface area contributed by atoms with Crippen molar-refractivity contribution < 1.29 is 24.0 Å². The monoisotopic (exact) mass is 330 g/mol. The summed E-state index contributed by atoms with van der Waals surface area (Å²) >= 11 is 0. The number of fused-ring (bicyclic) bond motifs is 1. The van der Waals surface area contributed by atoms with E-state index in [-0.39, 0.29) is 12.2 Å². The third kappa shape index (κ3) is 4.04. The number of aliphatic hydroxyl groups excluding tert-OH is 1. The van der Waals surface area contributed by atoms with E-state index in [9.17, 15) is 9.90 Å². The fourth-order valence-electron chi connectivity index (χ4n) is 2.50. The number of hydrogen-bond donors (Lipinski definition) is 2. The van der Waals surface area contributed by atoms with E-state index in [0.717, 1.165) is 16.7 Å². The Labute approximate surface area is 138 Å². The van der Waals surface area contributed by atoms with E-state index in [0.29, 0.717) is 24.4 Å². The van der Waals surface area contributed by atoms with Crippen molar-refractivity contribution in [2.75, 3.05) is 13.2 Å². The molecule has 0 aliphatic carbocycles. The number of nitrogens with two attached hydrogens (primary N) is 1. The first kappa shape index (κ1) is 16.3. The summed E-state index contributed by atoms with van der Waals surface area (Å²) in [5.74, 6) is 1.42. The van der Waals surface area contributed by atoms with Gasteiger partial charge in [-0.15, -0.1) is 0 Å². The lowest BCUT2D eigenvalue weighted by Gasteiger charge is -2.11. The zero-order valence-electron chi connectivity index (χ0n) is 13.4. The molecule has 0 saturated carbocycles. The number of benzene rings is 1. The molecule has 2 aromatic heterocycles. The fraction of sp³-hybridized carbons (Fsp3) is 0.278. The molecule has 0 aliphatic heterocycles. The van der Waals surface area contributed by atoms with E-state index in [1.165, 1.54) is 6.07 Å². The summed E-state index contributed by atoms with van der Waals surface area (Å²) in [7, 11) is 0. The van der Waals surface area contributed by atoms with Crippen LogP contribution in [0.5, 0.6) is 5.75 Å². The molecule has 0 amide bonds. The van der Waals surface area contributed by atoms with E-state index in [2.05, 4.69) is 0 Å². The Hall–Kier alpha value is -2.57. The standard InChI is InChI=1S/C18H19NO5/c1-12-7-18(21)24-17-8-14(4-5-16(12)17)23-11-13(20)9-19-10-15-3-2-6-22-15/h2-8,13,19-20H,9-11H2,1H3/p+1/t13-/m1/s1. The average molecular weight is 330 g/mol. The smallest absolute Gasteiger partial charge is 0.336 e. The van der Waals surface area contributed by atoms with Gasteiger partial charge in [0.25, 0.3) is 0 Å². The van der Waals surface area contributed by atoms with Crippen molar-refractivity contribution in [1.29, 1.82) is 0 Å². The molecule has 24 heavy (non-hydrogen) atoms. The first-order valence-corrected chi connectivity index (χ1v) is 7.81. The number of rotatable bonds is 7. The highest BCUT2D eigenvalue weighted by Gasteiger charge is 2.10.